The number of aliphatic hydroxyl groups excluding tert-OH is 1. The van der Waals surface area contributed by atoms with Crippen molar-refractivity contribution in [3.8, 4) is 5.75 Å². The molecule has 0 atom stereocenters. The number of benzene rings is 3. The van der Waals surface area contributed by atoms with E-state index in [1.165, 1.54) is 6.21 Å². The van der Waals surface area contributed by atoms with Gasteiger partial charge in [-0.15, -0.1) is 0 Å². The number of hydrogen-bond acceptors (Lipinski definition) is 6. The number of carbonyl (C=O) groups is 2. The minimum atomic E-state index is -0.452. The number of rotatable bonds is 9. The van der Waals surface area contributed by atoms with Gasteiger partial charge in [-0.25, -0.2) is 5.43 Å². The van der Waals surface area contributed by atoms with Crippen LogP contribution < -0.4 is 15.5 Å². The number of methoxy groups -OCH3 is 1. The van der Waals surface area contributed by atoms with E-state index in [-0.39, 0.29) is 18.1 Å². The molecule has 3 aromatic rings. The molecule has 0 aliphatic carbocycles. The molecule has 2 amide bonds. The van der Waals surface area contributed by atoms with E-state index < -0.39 is 5.91 Å². The number of amides is 2. The summed E-state index contributed by atoms with van der Waals surface area (Å²) in [6, 6.07) is 19.8. The molecule has 0 bridgehead atoms. The van der Waals surface area contributed by atoms with E-state index in [0.29, 0.717) is 21.6 Å². The van der Waals surface area contributed by atoms with Crippen LogP contribution >= 0.6 is 15.9 Å². The Labute approximate surface area is 230 Å². The molecule has 0 spiro atoms. The van der Waals surface area contributed by atoms with Gasteiger partial charge in [-0.05, 0) is 97.6 Å². The van der Waals surface area contributed by atoms with E-state index in [0.717, 1.165) is 49.4 Å². The van der Waals surface area contributed by atoms with E-state index in [2.05, 4.69) is 36.7 Å². The number of nitrogens with one attached hydrogen (secondary N) is 2. The normalized spacial score (nSPS) is 14.4. The highest BCUT2D eigenvalue weighted by molar-refractivity contribution is 9.10. The molecule has 1 aliphatic rings. The van der Waals surface area contributed by atoms with Gasteiger partial charge in [-0.1, -0.05) is 28.1 Å². The van der Waals surface area contributed by atoms with Crippen LogP contribution in [-0.2, 0) is 6.54 Å². The first kappa shape index (κ1) is 27.5. The fourth-order valence-electron chi connectivity index (χ4n) is 4.27. The summed E-state index contributed by atoms with van der Waals surface area (Å²) < 4.78 is 5.84. The van der Waals surface area contributed by atoms with Gasteiger partial charge in [0, 0.05) is 23.2 Å². The van der Waals surface area contributed by atoms with Crippen LogP contribution in [0.25, 0.3) is 0 Å². The highest BCUT2D eigenvalue weighted by Crippen LogP contribution is 2.23. The summed E-state index contributed by atoms with van der Waals surface area (Å²) in [6.45, 7) is 3.00. The first-order valence-corrected chi connectivity index (χ1v) is 13.2. The van der Waals surface area contributed by atoms with Crippen molar-refractivity contribution in [2.45, 2.75) is 19.4 Å². The Morgan fingerprint density at radius 2 is 1.76 bits per heavy atom. The Kier molecular flexibility index (Phi) is 9.64. The molecule has 1 aliphatic heterocycles. The lowest BCUT2D eigenvalue weighted by molar-refractivity contribution is 0.0956. The maximum Gasteiger partial charge on any atom is 0.273 e. The molecule has 1 heterocycles. The molecule has 1 fully saturated rings. The maximum absolute atomic E-state index is 13.0. The van der Waals surface area contributed by atoms with Crippen molar-refractivity contribution in [2.75, 3.05) is 32.1 Å². The van der Waals surface area contributed by atoms with Gasteiger partial charge < -0.3 is 15.2 Å². The number of anilines is 1. The quantitative estimate of drug-likeness (QED) is 0.253. The van der Waals surface area contributed by atoms with Gasteiger partial charge in [0.2, 0.25) is 0 Å². The fraction of sp³-hybridized carbons (Fsp3) is 0.276. The van der Waals surface area contributed by atoms with Gasteiger partial charge in [0.05, 0.1) is 24.6 Å². The van der Waals surface area contributed by atoms with Gasteiger partial charge in [-0.3, -0.25) is 14.5 Å². The van der Waals surface area contributed by atoms with Crippen molar-refractivity contribution in [3.63, 3.8) is 0 Å². The molecule has 9 heteroatoms. The summed E-state index contributed by atoms with van der Waals surface area (Å²) >= 11 is 3.39. The highest BCUT2D eigenvalue weighted by Gasteiger charge is 2.19. The molecule has 0 aromatic heterocycles. The van der Waals surface area contributed by atoms with Crippen molar-refractivity contribution >= 4 is 39.6 Å². The number of likely N-dealkylation sites (tertiary alicyclic amines) is 1. The number of hydrogen-bond donors (Lipinski definition) is 3. The monoisotopic (exact) mass is 578 g/mol. The first-order valence-electron chi connectivity index (χ1n) is 12.5. The summed E-state index contributed by atoms with van der Waals surface area (Å²) in [4.78, 5) is 28.2. The van der Waals surface area contributed by atoms with E-state index in [1.807, 2.05) is 24.3 Å². The second-order valence-electron chi connectivity index (χ2n) is 9.22. The third-order valence-corrected chi connectivity index (χ3v) is 7.05. The Morgan fingerprint density at radius 3 is 2.42 bits per heavy atom. The van der Waals surface area contributed by atoms with Crippen LogP contribution in [0.2, 0.25) is 0 Å². The average Bonchev–Trinajstić information content (AvgIpc) is 2.95. The van der Waals surface area contributed by atoms with Crippen molar-refractivity contribution in [3.05, 3.63) is 93.5 Å². The van der Waals surface area contributed by atoms with E-state index in [1.54, 1.807) is 49.6 Å². The van der Waals surface area contributed by atoms with E-state index >= 15 is 0 Å². The van der Waals surface area contributed by atoms with Crippen LogP contribution in [0.3, 0.4) is 0 Å². The molecule has 1 saturated heterocycles. The van der Waals surface area contributed by atoms with Crippen LogP contribution in [0.5, 0.6) is 5.75 Å². The Hall–Kier alpha value is -3.53. The number of nitrogens with zero attached hydrogens (tertiary/aromatic N) is 2. The number of aliphatic hydroxyl groups is 1. The molecule has 0 unspecified atom stereocenters. The lowest BCUT2D eigenvalue weighted by Crippen LogP contribution is -2.34. The topological polar surface area (TPSA) is 103 Å². The zero-order valence-corrected chi connectivity index (χ0v) is 22.8. The summed E-state index contributed by atoms with van der Waals surface area (Å²) in [5, 5.41) is 16.2. The van der Waals surface area contributed by atoms with E-state index in [4.69, 9.17) is 4.74 Å². The first-order chi connectivity index (χ1) is 18.4. The molecule has 0 radical (unpaired) electrons. The molecule has 198 valence electrons. The molecule has 8 nitrogen and oxygen atoms in total. The highest BCUT2D eigenvalue weighted by atomic mass is 79.9. The van der Waals surface area contributed by atoms with Gasteiger partial charge in [0.15, 0.2) is 0 Å². The van der Waals surface area contributed by atoms with E-state index in [9.17, 15) is 14.7 Å². The molecule has 4 rings (SSSR count). The second kappa shape index (κ2) is 13.3. The summed E-state index contributed by atoms with van der Waals surface area (Å²) in [5.41, 5.74) is 5.60. The van der Waals surface area contributed by atoms with Crippen molar-refractivity contribution < 1.29 is 19.4 Å². The minimum Gasteiger partial charge on any atom is -0.497 e. The fourth-order valence-corrected chi connectivity index (χ4v) is 4.63. The Morgan fingerprint density at radius 1 is 1.05 bits per heavy atom. The number of ether oxygens (including phenoxy) is 1. The Balaban J connectivity index is 1.37. The molecule has 38 heavy (non-hydrogen) atoms. The smallest absolute Gasteiger partial charge is 0.273 e. The van der Waals surface area contributed by atoms with Crippen LogP contribution in [0.1, 0.15) is 44.7 Å². The number of carbonyl (C=O) groups excluding carboxylic acids is 2. The summed E-state index contributed by atoms with van der Waals surface area (Å²) in [5.74, 6) is 0.377. The van der Waals surface area contributed by atoms with Crippen LogP contribution in [0.4, 0.5) is 5.69 Å². The predicted octanol–water partition coefficient (Wildman–Crippen LogP) is 4.68. The molecular weight excluding hydrogens is 548 g/mol. The molecule has 3 N–H and O–H groups in total. The van der Waals surface area contributed by atoms with Crippen molar-refractivity contribution in [1.29, 1.82) is 0 Å². The van der Waals surface area contributed by atoms with Crippen LogP contribution in [-0.4, -0.2) is 54.8 Å². The number of piperidine rings is 1. The van der Waals surface area contributed by atoms with Gasteiger partial charge in [0.1, 0.15) is 5.75 Å². The van der Waals surface area contributed by atoms with Gasteiger partial charge in [0.25, 0.3) is 11.8 Å². The summed E-state index contributed by atoms with van der Waals surface area (Å²) in [7, 11) is 1.60. The average molecular weight is 579 g/mol. The Bertz CT molecular complexity index is 1270. The van der Waals surface area contributed by atoms with Crippen molar-refractivity contribution in [2.24, 2.45) is 11.0 Å². The number of halogens is 1. The third-order valence-electron chi connectivity index (χ3n) is 6.56. The largest absolute Gasteiger partial charge is 0.497 e. The van der Waals surface area contributed by atoms with Crippen LogP contribution in [0, 0.1) is 5.92 Å². The SMILES string of the molecule is COc1ccc(/C=N/NC(=O)c2cc(Br)ccc2NC(=O)c2ccc(CN3CCC(CO)CC3)cc2)cc1. The standard InChI is InChI=1S/C29H31BrN4O4/c1-38-25-9-4-20(5-10-25)17-31-33-29(37)26-16-24(30)8-11-27(26)32-28(36)23-6-2-21(3-7-23)18-34-14-12-22(19-35)13-15-34/h2-11,16-17,22,35H,12-15,18-19H2,1H3,(H,32,36)(H,33,37)/b31-17+. The maximum atomic E-state index is 13.0. The third kappa shape index (κ3) is 7.50. The summed E-state index contributed by atoms with van der Waals surface area (Å²) in [6.07, 6.45) is 3.55. The van der Waals surface area contributed by atoms with Crippen LogP contribution in [0.15, 0.2) is 76.3 Å². The lowest BCUT2D eigenvalue weighted by Gasteiger charge is -2.31. The zero-order valence-electron chi connectivity index (χ0n) is 21.2. The van der Waals surface area contributed by atoms with Gasteiger partial charge in [-0.2, -0.15) is 5.10 Å². The zero-order chi connectivity index (χ0) is 26.9. The molecule has 0 saturated carbocycles. The van der Waals surface area contributed by atoms with Gasteiger partial charge >= 0.3 is 0 Å². The molecular formula is C29H31BrN4O4. The minimum absolute atomic E-state index is 0.260. The second-order valence-corrected chi connectivity index (χ2v) is 10.1. The van der Waals surface area contributed by atoms with Crippen molar-refractivity contribution in [1.82, 2.24) is 10.3 Å². The predicted molar refractivity (Wildman–Crippen MR) is 152 cm³/mol. The number of hydrazone groups is 1. The lowest BCUT2D eigenvalue weighted by atomic mass is 9.97. The molecule has 3 aromatic carbocycles.